The van der Waals surface area contributed by atoms with Crippen molar-refractivity contribution in [1.29, 1.82) is 0 Å². The van der Waals surface area contributed by atoms with Gasteiger partial charge in [0.2, 0.25) is 0 Å². The van der Waals surface area contributed by atoms with E-state index in [9.17, 15) is 9.59 Å². The fraction of sp³-hybridized carbons (Fsp3) is 0.317. The van der Waals surface area contributed by atoms with E-state index in [2.05, 4.69) is 88.4 Å². The van der Waals surface area contributed by atoms with E-state index in [0.29, 0.717) is 43.4 Å². The highest BCUT2D eigenvalue weighted by Gasteiger charge is 2.44. The molecule has 2 saturated heterocycles. The van der Waals surface area contributed by atoms with E-state index in [-0.39, 0.29) is 17.2 Å². The Balaban J connectivity index is 1.26. The lowest BCUT2D eigenvalue weighted by Gasteiger charge is -2.36. The van der Waals surface area contributed by atoms with Crippen LogP contribution in [0.2, 0.25) is 0 Å². The molecule has 2 aliphatic heterocycles. The predicted molar refractivity (Wildman–Crippen MR) is 229 cm³/mol. The number of carbonyl (C=O) groups is 2. The van der Waals surface area contributed by atoms with Crippen molar-refractivity contribution in [2.45, 2.75) is 59.8 Å². The molecule has 0 radical (unpaired) electrons. The summed E-state index contributed by atoms with van der Waals surface area (Å²) >= 11 is 17.1. The average Bonchev–Trinajstić information content (AvgIpc) is 3.90. The van der Waals surface area contributed by atoms with E-state index in [1.54, 1.807) is 32.5 Å². The van der Waals surface area contributed by atoms with Crippen LogP contribution in [0.25, 0.3) is 44.2 Å². The molecule has 4 aromatic rings. The third-order valence-corrected chi connectivity index (χ3v) is 14.5. The second kappa shape index (κ2) is 14.5. The zero-order valence-electron chi connectivity index (χ0n) is 29.6. The van der Waals surface area contributed by atoms with Crippen molar-refractivity contribution < 1.29 is 9.59 Å². The standard InChI is InChI=1S/C41H40N2O2S6/c1-7-42-37(44)35(50-39(42)46)19-27-11-15-33(48-27)25-9-13-29-30-14-10-26(18-32(30)41(21-23(3)4,22-24(5)6)31(29)17-25)34-16-12-28(49-34)20-36-38(45)43(8-2)40(47)51-36/h9-20,23-24H,7-8,21-22H2,1-6H3/b35-19-,36-20-. The van der Waals surface area contributed by atoms with Crippen molar-refractivity contribution in [2.75, 3.05) is 13.1 Å². The first-order valence-electron chi connectivity index (χ1n) is 17.4. The lowest BCUT2D eigenvalue weighted by molar-refractivity contribution is -0.122. The summed E-state index contributed by atoms with van der Waals surface area (Å²) in [6.07, 6.45) is 6.09. The summed E-state index contributed by atoms with van der Waals surface area (Å²) in [6, 6.07) is 22.7. The Bertz CT molecular complexity index is 2000. The van der Waals surface area contributed by atoms with E-state index >= 15 is 0 Å². The number of rotatable bonds is 10. The number of thioether (sulfide) groups is 2. The first kappa shape index (κ1) is 36.5. The first-order chi connectivity index (χ1) is 24.4. The van der Waals surface area contributed by atoms with Gasteiger partial charge in [-0.05, 0) is 120 Å². The Kier molecular flexibility index (Phi) is 10.4. The summed E-state index contributed by atoms with van der Waals surface area (Å²) in [6.45, 7) is 14.5. The number of likely N-dealkylation sites (N-methyl/N-ethyl adjacent to an activating group) is 2. The molecule has 4 heterocycles. The minimum absolute atomic E-state index is 0.00375. The van der Waals surface area contributed by atoms with Crippen molar-refractivity contribution in [3.05, 3.63) is 91.4 Å². The molecule has 0 spiro atoms. The second-order valence-corrected chi connectivity index (χ2v) is 19.6. The van der Waals surface area contributed by atoms with Crippen molar-refractivity contribution in [3.63, 3.8) is 0 Å². The fourth-order valence-corrected chi connectivity index (χ4v) is 12.5. The molecule has 10 heteroatoms. The van der Waals surface area contributed by atoms with E-state index in [1.807, 2.05) is 26.0 Å². The number of hydrogen-bond acceptors (Lipinski definition) is 8. The third kappa shape index (κ3) is 6.77. The van der Waals surface area contributed by atoms with Gasteiger partial charge in [0.1, 0.15) is 8.64 Å². The maximum Gasteiger partial charge on any atom is 0.266 e. The monoisotopic (exact) mass is 784 g/mol. The van der Waals surface area contributed by atoms with Crippen LogP contribution in [-0.2, 0) is 15.0 Å². The SMILES string of the molecule is CCN1C(=O)/C(=C/c2ccc(-c3ccc4c(c3)C(CC(C)C)(CC(C)C)c3cc(-c5ccc(/C=C6\SC(=S)N(CC)C6=O)s5)ccc3-4)s2)SC1=S. The highest BCUT2D eigenvalue weighted by atomic mass is 32.2. The molecule has 2 amide bonds. The Morgan fingerprint density at radius 3 is 1.41 bits per heavy atom. The number of benzene rings is 2. The number of fused-ring (bicyclic) bond motifs is 3. The van der Waals surface area contributed by atoms with Crippen LogP contribution in [0.5, 0.6) is 0 Å². The Labute approximate surface area is 328 Å². The molecule has 0 atom stereocenters. The summed E-state index contributed by atoms with van der Waals surface area (Å²) in [5.74, 6) is 0.993. The van der Waals surface area contributed by atoms with Crippen LogP contribution in [0, 0.1) is 11.8 Å². The second-order valence-electron chi connectivity index (χ2n) is 14.1. The van der Waals surface area contributed by atoms with Crippen LogP contribution in [-0.4, -0.2) is 43.3 Å². The number of thiophene rings is 2. The molecule has 3 aliphatic rings. The van der Waals surface area contributed by atoms with Gasteiger partial charge in [0, 0.05) is 38.0 Å². The summed E-state index contributed by atoms with van der Waals surface area (Å²) in [5.41, 5.74) is 7.78. The van der Waals surface area contributed by atoms with Crippen molar-refractivity contribution in [2.24, 2.45) is 11.8 Å². The van der Waals surface area contributed by atoms with E-state index in [4.69, 9.17) is 24.4 Å². The molecule has 2 aromatic heterocycles. The van der Waals surface area contributed by atoms with Gasteiger partial charge in [0.15, 0.2) is 0 Å². The first-order valence-corrected chi connectivity index (χ1v) is 21.5. The molecular weight excluding hydrogens is 745 g/mol. The minimum Gasteiger partial charge on any atom is -0.293 e. The summed E-state index contributed by atoms with van der Waals surface area (Å²) < 4.78 is 1.26. The number of carbonyl (C=O) groups excluding carboxylic acids is 2. The summed E-state index contributed by atoms with van der Waals surface area (Å²) in [5, 5.41) is 0. The Hall–Kier alpha value is -2.86. The van der Waals surface area contributed by atoms with Gasteiger partial charge in [-0.2, -0.15) is 0 Å². The van der Waals surface area contributed by atoms with Crippen molar-refractivity contribution in [3.8, 4) is 32.0 Å². The van der Waals surface area contributed by atoms with E-state index < -0.39 is 0 Å². The van der Waals surface area contributed by atoms with Gasteiger partial charge in [-0.3, -0.25) is 19.4 Å². The minimum atomic E-state index is -0.123. The largest absolute Gasteiger partial charge is 0.293 e. The smallest absolute Gasteiger partial charge is 0.266 e. The highest BCUT2D eigenvalue weighted by molar-refractivity contribution is 8.27. The Morgan fingerprint density at radius 2 is 1.06 bits per heavy atom. The average molecular weight is 785 g/mol. The quantitative estimate of drug-likeness (QED) is 0.118. The van der Waals surface area contributed by atoms with E-state index in [0.717, 1.165) is 22.6 Å². The maximum absolute atomic E-state index is 12.9. The fourth-order valence-electron chi connectivity index (χ4n) is 7.69. The van der Waals surface area contributed by atoms with Crippen LogP contribution >= 0.6 is 70.6 Å². The molecule has 4 nitrogen and oxygen atoms in total. The van der Waals surface area contributed by atoms with Gasteiger partial charge < -0.3 is 0 Å². The topological polar surface area (TPSA) is 40.6 Å². The van der Waals surface area contributed by atoms with Gasteiger partial charge >= 0.3 is 0 Å². The molecule has 51 heavy (non-hydrogen) atoms. The van der Waals surface area contributed by atoms with Crippen LogP contribution in [0.1, 0.15) is 75.3 Å². The number of hydrogen-bond donors (Lipinski definition) is 0. The molecule has 2 fully saturated rings. The van der Waals surface area contributed by atoms with Crippen LogP contribution in [0.3, 0.4) is 0 Å². The van der Waals surface area contributed by atoms with Gasteiger partial charge in [0.25, 0.3) is 11.8 Å². The predicted octanol–water partition coefficient (Wildman–Crippen LogP) is 11.9. The third-order valence-electron chi connectivity index (χ3n) is 9.62. The van der Waals surface area contributed by atoms with Crippen LogP contribution < -0.4 is 0 Å². The van der Waals surface area contributed by atoms with Crippen molar-refractivity contribution >= 4 is 103 Å². The van der Waals surface area contributed by atoms with Gasteiger partial charge in [0.05, 0.1) is 9.81 Å². The molecule has 0 saturated carbocycles. The lowest BCUT2D eigenvalue weighted by atomic mass is 9.67. The van der Waals surface area contributed by atoms with Gasteiger partial charge in [-0.15, -0.1) is 22.7 Å². The van der Waals surface area contributed by atoms with Crippen LogP contribution in [0.15, 0.2) is 70.5 Å². The number of thiocarbonyl (C=S) groups is 2. The number of nitrogens with zero attached hydrogens (tertiary/aromatic N) is 2. The molecule has 262 valence electrons. The molecule has 1 aliphatic carbocycles. The van der Waals surface area contributed by atoms with E-state index in [1.165, 1.54) is 66.7 Å². The number of amides is 2. The van der Waals surface area contributed by atoms with Gasteiger partial charge in [-0.1, -0.05) is 99.9 Å². The maximum atomic E-state index is 12.9. The van der Waals surface area contributed by atoms with Crippen molar-refractivity contribution in [1.82, 2.24) is 9.80 Å². The zero-order chi connectivity index (χ0) is 36.2. The molecular formula is C41H40N2O2S6. The molecule has 0 unspecified atom stereocenters. The molecule has 0 N–H and O–H groups in total. The molecule has 7 rings (SSSR count). The highest BCUT2D eigenvalue weighted by Crippen LogP contribution is 2.57. The normalized spacial score (nSPS) is 18.4. The zero-order valence-corrected chi connectivity index (χ0v) is 34.5. The summed E-state index contributed by atoms with van der Waals surface area (Å²) in [4.78, 5) is 34.9. The molecule has 2 aromatic carbocycles. The summed E-state index contributed by atoms with van der Waals surface area (Å²) in [7, 11) is 0. The van der Waals surface area contributed by atoms with Gasteiger partial charge in [-0.25, -0.2) is 0 Å². The van der Waals surface area contributed by atoms with Crippen LogP contribution in [0.4, 0.5) is 0 Å². The molecule has 0 bridgehead atoms. The lowest BCUT2D eigenvalue weighted by Crippen LogP contribution is -2.29. The Morgan fingerprint density at radius 1 is 0.647 bits per heavy atom.